The molecule has 2 unspecified atom stereocenters. The first-order chi connectivity index (χ1) is 3.89. The number of carbonyl (C=O) groups is 1. The molecule has 2 nitrogen and oxygen atoms in total. The van der Waals surface area contributed by atoms with Crippen molar-refractivity contribution >= 4 is 5.97 Å². The van der Waals surface area contributed by atoms with Gasteiger partial charge < -0.3 is 5.11 Å². The summed E-state index contributed by atoms with van der Waals surface area (Å²) in [6, 6.07) is 0. The number of hydrogen-bond donors (Lipinski definition) is 1. The first-order valence-electron chi connectivity index (χ1n) is 3.12. The largest absolute Gasteiger partial charge is 0.481 e. The summed E-state index contributed by atoms with van der Waals surface area (Å²) in [5.41, 5.74) is 0. The Morgan fingerprint density at radius 3 is 2.71 bits per heavy atom. The maximum Gasteiger partial charge on any atom is 0.306 e. The van der Waals surface area contributed by atoms with Gasteiger partial charge in [-0.3, -0.25) is 4.79 Å². The van der Waals surface area contributed by atoms with Gasteiger partial charge in [-0.05, 0) is 6.40 Å². The molecule has 0 aliphatic rings. The van der Waals surface area contributed by atoms with Crippen LogP contribution in [-0.4, -0.2) is 11.1 Å². The molecule has 2 heteroatoms. The molecule has 0 spiro atoms. The Kier molecular flexibility index (Phi) is 1.29. The third-order valence-corrected chi connectivity index (χ3v) is 0.770. The van der Waals surface area contributed by atoms with Crippen molar-refractivity contribution in [1.29, 1.82) is 0 Å². The first kappa shape index (κ1) is 3.47. The molecule has 0 aromatic carbocycles. The van der Waals surface area contributed by atoms with Crippen molar-refractivity contribution in [2.45, 2.75) is 20.2 Å². The summed E-state index contributed by atoms with van der Waals surface area (Å²) in [6.07, 6.45) is -0.894. The summed E-state index contributed by atoms with van der Waals surface area (Å²) in [5, 5.41) is 8.30. The molecule has 0 saturated heterocycles. The third kappa shape index (κ3) is 2.20. The zero-order chi connectivity index (χ0) is 7.65. The molecule has 0 rings (SSSR count). The minimum absolute atomic E-state index is 0.894. The van der Waals surface area contributed by atoms with Gasteiger partial charge >= 0.3 is 5.97 Å². The van der Waals surface area contributed by atoms with E-state index in [4.69, 9.17) is 7.85 Å². The molecular weight excluding hydrogens is 92.1 g/mol. The summed E-state index contributed by atoms with van der Waals surface area (Å²) in [7, 11) is 0. The maximum atomic E-state index is 10.2. The lowest BCUT2D eigenvalue weighted by atomic mass is 10.1. The van der Waals surface area contributed by atoms with Crippen molar-refractivity contribution in [3.05, 3.63) is 0 Å². The van der Waals surface area contributed by atoms with Gasteiger partial charge in [0.1, 0.15) is 0 Å². The van der Waals surface area contributed by atoms with Crippen LogP contribution in [0.4, 0.5) is 0 Å². The lowest BCUT2D eigenvalue weighted by molar-refractivity contribution is -0.141. The second-order valence-electron chi connectivity index (χ2n) is 1.28. The molecule has 0 amide bonds. The third-order valence-electron chi connectivity index (χ3n) is 0.770. The summed E-state index contributed by atoms with van der Waals surface area (Å²) >= 11 is 0. The van der Waals surface area contributed by atoms with Gasteiger partial charge in [-0.15, -0.1) is 0 Å². The molecule has 0 aliphatic heterocycles. The average Bonchev–Trinajstić information content (AvgIpc) is 1.65. The highest BCUT2D eigenvalue weighted by Crippen LogP contribution is 1.97. The molecule has 42 valence electrons. The van der Waals surface area contributed by atoms with Crippen LogP contribution in [0.5, 0.6) is 0 Å². The summed E-state index contributed by atoms with van der Waals surface area (Å²) in [6.45, 7) is 2.61. The van der Waals surface area contributed by atoms with E-state index in [2.05, 4.69) is 0 Å². The van der Waals surface area contributed by atoms with Crippen LogP contribution < -0.4 is 0 Å². The average molecular weight is 104 g/mol. The van der Waals surface area contributed by atoms with Crippen molar-refractivity contribution < 1.29 is 12.6 Å². The summed E-state index contributed by atoms with van der Waals surface area (Å²) in [4.78, 5) is 10.2. The molecule has 0 bridgehead atoms. The number of carboxylic acid groups (broad SMARTS) is 1. The molecule has 0 fully saturated rings. The van der Waals surface area contributed by atoms with Crippen molar-refractivity contribution in [1.82, 2.24) is 0 Å². The van der Waals surface area contributed by atoms with Crippen molar-refractivity contribution in [3.63, 3.8) is 0 Å². The minimum atomic E-state index is -1.67. The molecule has 0 aromatic rings. The second kappa shape index (κ2) is 2.61. The smallest absolute Gasteiger partial charge is 0.306 e. The van der Waals surface area contributed by atoms with E-state index in [0.717, 1.165) is 0 Å². The molecule has 0 saturated carbocycles. The van der Waals surface area contributed by atoms with E-state index < -0.39 is 18.3 Å². The Balaban J connectivity index is 4.19. The molecule has 7 heavy (non-hydrogen) atoms. The van der Waals surface area contributed by atoms with E-state index >= 15 is 0 Å². The van der Waals surface area contributed by atoms with Crippen molar-refractivity contribution in [2.24, 2.45) is 5.89 Å². The topological polar surface area (TPSA) is 37.3 Å². The Hall–Kier alpha value is -0.530. The monoisotopic (exact) mass is 104 g/mol. The molecule has 2 atom stereocenters. The van der Waals surface area contributed by atoms with Crippen LogP contribution in [0.1, 0.15) is 23.0 Å². The van der Waals surface area contributed by atoms with Crippen LogP contribution in [0.2, 0.25) is 0 Å². The molecule has 0 heterocycles. The summed E-state index contributed by atoms with van der Waals surface area (Å²) in [5.74, 6) is -2.91. The van der Waals surface area contributed by atoms with Gasteiger partial charge in [-0.25, -0.2) is 0 Å². The highest BCUT2D eigenvalue weighted by atomic mass is 16.4. The first-order valence-corrected chi connectivity index (χ1v) is 2.04. The fourth-order valence-electron chi connectivity index (χ4n) is 0.123. The van der Waals surface area contributed by atoms with Gasteiger partial charge in [-0.1, -0.05) is 13.8 Å². The van der Waals surface area contributed by atoms with Crippen molar-refractivity contribution in [2.75, 3.05) is 0 Å². The number of hydrogen-bond acceptors (Lipinski definition) is 1. The fraction of sp³-hybridized carbons (Fsp3) is 0.800. The molecule has 0 aliphatic carbocycles. The SMILES string of the molecule is [2H]C(C)C([2H])(C)C(=O)O. The number of carboxylic acids is 1. The van der Waals surface area contributed by atoms with E-state index in [1.54, 1.807) is 0 Å². The predicted octanol–water partition coefficient (Wildman–Crippen LogP) is 1.12. The zero-order valence-electron chi connectivity index (χ0n) is 6.43. The number of rotatable bonds is 2. The molecular formula is C5H10O2. The fourth-order valence-corrected chi connectivity index (χ4v) is 0.123. The quantitative estimate of drug-likeness (QED) is 0.570. The van der Waals surface area contributed by atoms with Crippen LogP contribution in [0.15, 0.2) is 0 Å². The van der Waals surface area contributed by atoms with Crippen LogP contribution >= 0.6 is 0 Å². The maximum absolute atomic E-state index is 10.2. The lowest BCUT2D eigenvalue weighted by Gasteiger charge is -1.96. The lowest BCUT2D eigenvalue weighted by Crippen LogP contribution is -2.06. The minimum Gasteiger partial charge on any atom is -0.481 e. The van der Waals surface area contributed by atoms with Crippen LogP contribution in [-0.2, 0) is 4.79 Å². The zero-order valence-corrected chi connectivity index (χ0v) is 4.43. The van der Waals surface area contributed by atoms with Gasteiger partial charge in [0.05, 0.1) is 5.89 Å². The van der Waals surface area contributed by atoms with E-state index in [1.165, 1.54) is 13.8 Å². The number of aliphatic carboxylic acids is 1. The van der Waals surface area contributed by atoms with Gasteiger partial charge in [0.2, 0.25) is 0 Å². The molecule has 0 radical (unpaired) electrons. The summed E-state index contributed by atoms with van der Waals surface area (Å²) < 4.78 is 14.0. The van der Waals surface area contributed by atoms with Gasteiger partial charge in [0.15, 0.2) is 0 Å². The second-order valence-corrected chi connectivity index (χ2v) is 1.28. The van der Waals surface area contributed by atoms with E-state index in [0.29, 0.717) is 0 Å². The van der Waals surface area contributed by atoms with Crippen LogP contribution in [0.3, 0.4) is 0 Å². The highest BCUT2D eigenvalue weighted by Gasteiger charge is 2.05. The predicted molar refractivity (Wildman–Crippen MR) is 27.1 cm³/mol. The molecule has 1 N–H and O–H groups in total. The Morgan fingerprint density at radius 1 is 2.29 bits per heavy atom. The van der Waals surface area contributed by atoms with E-state index in [-0.39, 0.29) is 0 Å². The molecule has 0 aromatic heterocycles. The van der Waals surface area contributed by atoms with Gasteiger partial charge in [-0.2, -0.15) is 0 Å². The van der Waals surface area contributed by atoms with Crippen LogP contribution in [0, 0.1) is 5.89 Å². The normalized spacial score (nSPS) is 26.6. The van der Waals surface area contributed by atoms with Crippen LogP contribution in [0.25, 0.3) is 0 Å². The Labute approximate surface area is 46.0 Å². The Morgan fingerprint density at radius 2 is 2.71 bits per heavy atom. The Bertz CT molecular complexity index is 120. The van der Waals surface area contributed by atoms with Crippen molar-refractivity contribution in [3.8, 4) is 0 Å². The van der Waals surface area contributed by atoms with E-state index in [1.807, 2.05) is 0 Å². The highest BCUT2D eigenvalue weighted by molar-refractivity contribution is 5.69. The van der Waals surface area contributed by atoms with E-state index in [9.17, 15) is 4.79 Å². The van der Waals surface area contributed by atoms with Gasteiger partial charge in [0, 0.05) is 2.74 Å². The standard InChI is InChI=1S/C5H10O2/c1-3-4(2)5(6)7/h4H,3H2,1-2H3,(H,6,7)/i3D,4D. The van der Waals surface area contributed by atoms with Gasteiger partial charge in [0.25, 0.3) is 0 Å².